The van der Waals surface area contributed by atoms with Crippen molar-refractivity contribution >= 4 is 15.9 Å². The molecule has 3 heteroatoms. The smallest absolute Gasteiger partial charge is 0.135 e. The SMILES string of the molecule is Cc1ccc(-c2cc(Br)nc(C(C)(C)C)n2)cc1C. The van der Waals surface area contributed by atoms with Crippen LogP contribution in [0.2, 0.25) is 0 Å². The zero-order chi connectivity index (χ0) is 14.2. The first kappa shape index (κ1) is 14.2. The van der Waals surface area contributed by atoms with Crippen molar-refractivity contribution in [3.8, 4) is 11.3 Å². The van der Waals surface area contributed by atoms with E-state index in [0.29, 0.717) is 0 Å². The van der Waals surface area contributed by atoms with Gasteiger partial charge in [-0.3, -0.25) is 0 Å². The van der Waals surface area contributed by atoms with Crippen LogP contribution in [0.5, 0.6) is 0 Å². The molecule has 19 heavy (non-hydrogen) atoms. The Bertz CT molecular complexity index is 613. The third kappa shape index (κ3) is 3.21. The summed E-state index contributed by atoms with van der Waals surface area (Å²) < 4.78 is 0.834. The predicted molar refractivity (Wildman–Crippen MR) is 83.3 cm³/mol. The van der Waals surface area contributed by atoms with E-state index in [4.69, 9.17) is 4.98 Å². The van der Waals surface area contributed by atoms with Crippen molar-refractivity contribution in [1.29, 1.82) is 0 Å². The Morgan fingerprint density at radius 2 is 1.63 bits per heavy atom. The summed E-state index contributed by atoms with van der Waals surface area (Å²) in [5.41, 5.74) is 4.63. The molecule has 0 spiro atoms. The molecule has 0 aliphatic heterocycles. The Labute approximate surface area is 123 Å². The second-order valence-electron chi connectivity index (χ2n) is 5.95. The van der Waals surface area contributed by atoms with E-state index in [9.17, 15) is 0 Å². The van der Waals surface area contributed by atoms with Crippen LogP contribution >= 0.6 is 15.9 Å². The summed E-state index contributed by atoms with van der Waals surface area (Å²) in [5.74, 6) is 0.857. The number of nitrogens with zero attached hydrogens (tertiary/aromatic N) is 2. The second-order valence-corrected chi connectivity index (χ2v) is 6.76. The van der Waals surface area contributed by atoms with Gasteiger partial charge in [0.1, 0.15) is 10.4 Å². The van der Waals surface area contributed by atoms with Gasteiger partial charge in [0.15, 0.2) is 0 Å². The normalized spacial score (nSPS) is 11.7. The Morgan fingerprint density at radius 3 is 2.21 bits per heavy atom. The zero-order valence-corrected chi connectivity index (χ0v) is 13.7. The number of halogens is 1. The summed E-state index contributed by atoms with van der Waals surface area (Å²) in [6.45, 7) is 10.6. The summed E-state index contributed by atoms with van der Waals surface area (Å²) in [6.07, 6.45) is 0. The summed E-state index contributed by atoms with van der Waals surface area (Å²) in [7, 11) is 0. The molecule has 0 aliphatic carbocycles. The highest BCUT2D eigenvalue weighted by atomic mass is 79.9. The first-order chi connectivity index (χ1) is 8.77. The molecular weight excluding hydrogens is 300 g/mol. The van der Waals surface area contributed by atoms with Gasteiger partial charge in [-0.1, -0.05) is 32.9 Å². The molecule has 0 aliphatic rings. The molecule has 0 radical (unpaired) electrons. The molecular formula is C16H19BrN2. The maximum atomic E-state index is 4.70. The average molecular weight is 319 g/mol. The Balaban J connectivity index is 2.56. The van der Waals surface area contributed by atoms with Crippen LogP contribution in [0.3, 0.4) is 0 Å². The molecule has 0 saturated carbocycles. The van der Waals surface area contributed by atoms with Gasteiger partial charge in [-0.2, -0.15) is 0 Å². The van der Waals surface area contributed by atoms with Gasteiger partial charge in [-0.25, -0.2) is 9.97 Å². The molecule has 0 saturated heterocycles. The standard InChI is InChI=1S/C16H19BrN2/c1-10-6-7-12(8-11(10)2)13-9-14(17)19-15(18-13)16(3,4)5/h6-9H,1-5H3. The van der Waals surface area contributed by atoms with Crippen molar-refractivity contribution in [2.24, 2.45) is 0 Å². The number of rotatable bonds is 1. The lowest BCUT2D eigenvalue weighted by atomic mass is 9.95. The highest BCUT2D eigenvalue weighted by molar-refractivity contribution is 9.10. The van der Waals surface area contributed by atoms with Crippen LogP contribution in [0.4, 0.5) is 0 Å². The van der Waals surface area contributed by atoms with Crippen molar-refractivity contribution in [1.82, 2.24) is 9.97 Å². The Kier molecular flexibility index (Phi) is 3.77. The molecule has 0 amide bonds. The van der Waals surface area contributed by atoms with Crippen LogP contribution < -0.4 is 0 Å². The monoisotopic (exact) mass is 318 g/mol. The predicted octanol–water partition coefficient (Wildman–Crippen LogP) is 4.82. The lowest BCUT2D eigenvalue weighted by Gasteiger charge is -2.17. The van der Waals surface area contributed by atoms with E-state index in [2.05, 4.69) is 73.7 Å². The molecule has 2 nitrogen and oxygen atoms in total. The molecule has 1 aromatic carbocycles. The molecule has 0 N–H and O–H groups in total. The summed E-state index contributed by atoms with van der Waals surface area (Å²) in [5, 5.41) is 0. The fraction of sp³-hybridized carbons (Fsp3) is 0.375. The number of aromatic nitrogens is 2. The number of hydrogen-bond donors (Lipinski definition) is 0. The zero-order valence-electron chi connectivity index (χ0n) is 12.1. The third-order valence-corrected chi connectivity index (χ3v) is 3.57. The van der Waals surface area contributed by atoms with Gasteiger partial charge >= 0.3 is 0 Å². The van der Waals surface area contributed by atoms with E-state index in [1.807, 2.05) is 6.07 Å². The van der Waals surface area contributed by atoms with Gasteiger partial charge in [0.2, 0.25) is 0 Å². The van der Waals surface area contributed by atoms with Gasteiger partial charge in [0, 0.05) is 11.0 Å². The number of benzene rings is 1. The summed E-state index contributed by atoms with van der Waals surface area (Å²) >= 11 is 3.48. The molecule has 0 unspecified atom stereocenters. The highest BCUT2D eigenvalue weighted by Gasteiger charge is 2.19. The maximum absolute atomic E-state index is 4.70. The van der Waals surface area contributed by atoms with E-state index in [1.165, 1.54) is 11.1 Å². The summed E-state index contributed by atoms with van der Waals surface area (Å²) in [6, 6.07) is 8.40. The fourth-order valence-electron chi connectivity index (χ4n) is 1.80. The molecule has 100 valence electrons. The van der Waals surface area contributed by atoms with Crippen molar-refractivity contribution in [3.63, 3.8) is 0 Å². The first-order valence-corrected chi connectivity index (χ1v) is 7.19. The summed E-state index contributed by atoms with van der Waals surface area (Å²) in [4.78, 5) is 9.18. The minimum absolute atomic E-state index is 0.0573. The fourth-order valence-corrected chi connectivity index (χ4v) is 2.19. The van der Waals surface area contributed by atoms with Crippen LogP contribution in [0, 0.1) is 13.8 Å². The van der Waals surface area contributed by atoms with Gasteiger partial charge < -0.3 is 0 Å². The minimum atomic E-state index is -0.0573. The first-order valence-electron chi connectivity index (χ1n) is 6.40. The largest absolute Gasteiger partial charge is 0.232 e. The van der Waals surface area contributed by atoms with Crippen LogP contribution in [0.1, 0.15) is 37.7 Å². The van der Waals surface area contributed by atoms with Gasteiger partial charge in [0.25, 0.3) is 0 Å². The quantitative estimate of drug-likeness (QED) is 0.704. The van der Waals surface area contributed by atoms with Crippen molar-refractivity contribution < 1.29 is 0 Å². The lowest BCUT2D eigenvalue weighted by Crippen LogP contribution is -2.16. The van der Waals surface area contributed by atoms with E-state index in [1.54, 1.807) is 0 Å². The molecule has 0 fully saturated rings. The third-order valence-electron chi connectivity index (χ3n) is 3.17. The molecule has 0 bridgehead atoms. The van der Waals surface area contributed by atoms with E-state index in [0.717, 1.165) is 21.7 Å². The molecule has 0 atom stereocenters. The number of aryl methyl sites for hydroxylation is 2. The van der Waals surface area contributed by atoms with Crippen molar-refractivity contribution in [2.45, 2.75) is 40.0 Å². The van der Waals surface area contributed by atoms with E-state index < -0.39 is 0 Å². The Morgan fingerprint density at radius 1 is 0.947 bits per heavy atom. The topological polar surface area (TPSA) is 25.8 Å². The van der Waals surface area contributed by atoms with E-state index >= 15 is 0 Å². The minimum Gasteiger partial charge on any atom is -0.232 e. The van der Waals surface area contributed by atoms with Crippen LogP contribution in [-0.4, -0.2) is 9.97 Å². The van der Waals surface area contributed by atoms with Crippen LogP contribution in [0.25, 0.3) is 11.3 Å². The lowest BCUT2D eigenvalue weighted by molar-refractivity contribution is 0.544. The van der Waals surface area contributed by atoms with Gasteiger partial charge in [-0.05, 0) is 53.0 Å². The number of hydrogen-bond acceptors (Lipinski definition) is 2. The highest BCUT2D eigenvalue weighted by Crippen LogP contribution is 2.26. The van der Waals surface area contributed by atoms with Gasteiger partial charge in [-0.15, -0.1) is 0 Å². The molecule has 1 aromatic heterocycles. The van der Waals surface area contributed by atoms with Crippen LogP contribution in [0.15, 0.2) is 28.9 Å². The van der Waals surface area contributed by atoms with Crippen molar-refractivity contribution in [2.75, 3.05) is 0 Å². The molecule has 2 rings (SSSR count). The van der Waals surface area contributed by atoms with E-state index in [-0.39, 0.29) is 5.41 Å². The second kappa shape index (κ2) is 5.04. The molecule has 1 heterocycles. The van der Waals surface area contributed by atoms with Crippen molar-refractivity contribution in [3.05, 3.63) is 45.8 Å². The van der Waals surface area contributed by atoms with Crippen LogP contribution in [-0.2, 0) is 5.41 Å². The Hall–Kier alpha value is -1.22. The maximum Gasteiger partial charge on any atom is 0.135 e. The molecule has 2 aromatic rings. The van der Waals surface area contributed by atoms with Gasteiger partial charge in [0.05, 0.1) is 5.69 Å². The average Bonchev–Trinajstić information content (AvgIpc) is 2.31.